The van der Waals surface area contributed by atoms with Gasteiger partial charge in [-0.15, -0.1) is 0 Å². The standard InChI is InChI=1S/C11H19N5O/c17-7-1-2-10(11-14-8-13-9-15-11)16-5-3-12-4-6-16/h8-10,12,17H,1-7H2. The van der Waals surface area contributed by atoms with Gasteiger partial charge in [0.1, 0.15) is 18.5 Å². The van der Waals surface area contributed by atoms with E-state index in [1.165, 1.54) is 12.7 Å². The van der Waals surface area contributed by atoms with Gasteiger partial charge in [-0.05, 0) is 12.8 Å². The molecule has 1 aromatic heterocycles. The summed E-state index contributed by atoms with van der Waals surface area (Å²) in [5, 5.41) is 12.3. The lowest BCUT2D eigenvalue weighted by atomic mass is 10.1. The Kier molecular flexibility index (Phi) is 4.78. The van der Waals surface area contributed by atoms with Crippen molar-refractivity contribution in [3.8, 4) is 0 Å². The van der Waals surface area contributed by atoms with Gasteiger partial charge >= 0.3 is 0 Å². The maximum Gasteiger partial charge on any atom is 0.149 e. The summed E-state index contributed by atoms with van der Waals surface area (Å²) >= 11 is 0. The van der Waals surface area contributed by atoms with E-state index in [4.69, 9.17) is 5.11 Å². The summed E-state index contributed by atoms with van der Waals surface area (Å²) in [6, 6.07) is 0.201. The van der Waals surface area contributed by atoms with Gasteiger partial charge in [-0.25, -0.2) is 15.0 Å². The van der Waals surface area contributed by atoms with Crippen LogP contribution in [0.1, 0.15) is 24.7 Å². The van der Waals surface area contributed by atoms with Crippen molar-refractivity contribution < 1.29 is 5.11 Å². The van der Waals surface area contributed by atoms with E-state index in [2.05, 4.69) is 25.2 Å². The van der Waals surface area contributed by atoms with Crippen molar-refractivity contribution in [1.82, 2.24) is 25.2 Å². The lowest BCUT2D eigenvalue weighted by molar-refractivity contribution is 0.148. The second-order valence-electron chi connectivity index (χ2n) is 4.16. The lowest BCUT2D eigenvalue weighted by Gasteiger charge is -2.33. The molecule has 0 aromatic carbocycles. The zero-order chi connectivity index (χ0) is 11.9. The predicted molar refractivity (Wildman–Crippen MR) is 63.3 cm³/mol. The summed E-state index contributed by atoms with van der Waals surface area (Å²) in [6.07, 6.45) is 4.74. The second kappa shape index (κ2) is 6.58. The molecule has 0 radical (unpaired) electrons. The number of rotatable bonds is 5. The molecule has 1 unspecified atom stereocenters. The van der Waals surface area contributed by atoms with Crippen LogP contribution >= 0.6 is 0 Å². The molecule has 0 bridgehead atoms. The van der Waals surface area contributed by atoms with Crippen LogP contribution in [0, 0.1) is 0 Å². The zero-order valence-corrected chi connectivity index (χ0v) is 9.92. The van der Waals surface area contributed by atoms with Crippen LogP contribution in [0.25, 0.3) is 0 Å². The SMILES string of the molecule is OCCCC(c1ncncn1)N1CCNCC1. The Bertz CT molecular complexity index is 315. The molecule has 1 saturated heterocycles. The van der Waals surface area contributed by atoms with E-state index in [9.17, 15) is 0 Å². The van der Waals surface area contributed by atoms with Gasteiger partial charge in [0.15, 0.2) is 0 Å². The average Bonchev–Trinajstić information content (AvgIpc) is 2.42. The third kappa shape index (κ3) is 3.42. The topological polar surface area (TPSA) is 74.2 Å². The Morgan fingerprint density at radius 1 is 1.29 bits per heavy atom. The summed E-state index contributed by atoms with van der Waals surface area (Å²) in [7, 11) is 0. The summed E-state index contributed by atoms with van der Waals surface area (Å²) in [5.74, 6) is 0.815. The predicted octanol–water partition coefficient (Wildman–Crippen LogP) is -0.410. The first-order valence-electron chi connectivity index (χ1n) is 6.09. The number of aliphatic hydroxyl groups excluding tert-OH is 1. The van der Waals surface area contributed by atoms with Crippen molar-refractivity contribution in [2.24, 2.45) is 0 Å². The molecule has 6 heteroatoms. The van der Waals surface area contributed by atoms with Gasteiger partial charge in [0.05, 0.1) is 6.04 Å². The quantitative estimate of drug-likeness (QED) is 0.725. The molecule has 0 spiro atoms. The Hall–Kier alpha value is -1.11. The van der Waals surface area contributed by atoms with E-state index in [1.807, 2.05) is 0 Å². The molecule has 0 saturated carbocycles. The number of aliphatic hydroxyl groups is 1. The minimum Gasteiger partial charge on any atom is -0.396 e. The molecule has 0 aliphatic carbocycles. The molecule has 6 nitrogen and oxygen atoms in total. The first kappa shape index (κ1) is 12.3. The molecular weight excluding hydrogens is 218 g/mol. The van der Waals surface area contributed by atoms with Gasteiger partial charge in [0, 0.05) is 32.8 Å². The van der Waals surface area contributed by atoms with Crippen molar-refractivity contribution in [3.05, 3.63) is 18.5 Å². The van der Waals surface area contributed by atoms with Crippen LogP contribution in [0.4, 0.5) is 0 Å². The van der Waals surface area contributed by atoms with E-state index in [0.29, 0.717) is 0 Å². The Labute approximate surface area is 101 Å². The highest BCUT2D eigenvalue weighted by molar-refractivity contribution is 4.94. The minimum absolute atomic E-state index is 0.201. The third-order valence-electron chi connectivity index (χ3n) is 3.04. The van der Waals surface area contributed by atoms with E-state index >= 15 is 0 Å². The Morgan fingerprint density at radius 3 is 2.65 bits per heavy atom. The first-order chi connectivity index (χ1) is 8.42. The number of nitrogens with zero attached hydrogens (tertiary/aromatic N) is 4. The van der Waals surface area contributed by atoms with Crippen LogP contribution in [-0.4, -0.2) is 57.7 Å². The number of nitrogens with one attached hydrogen (secondary N) is 1. The highest BCUT2D eigenvalue weighted by atomic mass is 16.2. The maximum absolute atomic E-state index is 8.98. The highest BCUT2D eigenvalue weighted by Gasteiger charge is 2.23. The van der Waals surface area contributed by atoms with Gasteiger partial charge in [0.25, 0.3) is 0 Å². The Balaban J connectivity index is 2.06. The van der Waals surface area contributed by atoms with Crippen LogP contribution < -0.4 is 5.32 Å². The van der Waals surface area contributed by atoms with Gasteiger partial charge in [-0.2, -0.15) is 0 Å². The second-order valence-corrected chi connectivity index (χ2v) is 4.16. The monoisotopic (exact) mass is 237 g/mol. The molecule has 17 heavy (non-hydrogen) atoms. The van der Waals surface area contributed by atoms with Gasteiger partial charge in [-0.1, -0.05) is 0 Å². The van der Waals surface area contributed by atoms with E-state index in [-0.39, 0.29) is 12.6 Å². The summed E-state index contributed by atoms with van der Waals surface area (Å²) in [4.78, 5) is 14.7. The molecular formula is C11H19N5O. The number of hydrogen-bond donors (Lipinski definition) is 2. The van der Waals surface area contributed by atoms with Crippen molar-refractivity contribution in [3.63, 3.8) is 0 Å². The van der Waals surface area contributed by atoms with Crippen molar-refractivity contribution in [2.75, 3.05) is 32.8 Å². The molecule has 1 aromatic rings. The summed E-state index contributed by atoms with van der Waals surface area (Å²) < 4.78 is 0. The third-order valence-corrected chi connectivity index (χ3v) is 3.04. The van der Waals surface area contributed by atoms with Gasteiger partial charge < -0.3 is 10.4 Å². The molecule has 1 atom stereocenters. The molecule has 1 aliphatic rings. The smallest absolute Gasteiger partial charge is 0.149 e. The van der Waals surface area contributed by atoms with Crippen LogP contribution in [0.3, 0.4) is 0 Å². The van der Waals surface area contributed by atoms with Gasteiger partial charge in [0.2, 0.25) is 0 Å². The van der Waals surface area contributed by atoms with Crippen LogP contribution in [-0.2, 0) is 0 Å². The average molecular weight is 237 g/mol. The molecule has 0 amide bonds. The molecule has 2 heterocycles. The van der Waals surface area contributed by atoms with Crippen molar-refractivity contribution in [2.45, 2.75) is 18.9 Å². The molecule has 1 fully saturated rings. The summed E-state index contributed by atoms with van der Waals surface area (Å²) in [6.45, 7) is 4.22. The van der Waals surface area contributed by atoms with E-state index < -0.39 is 0 Å². The number of hydrogen-bond acceptors (Lipinski definition) is 6. The highest BCUT2D eigenvalue weighted by Crippen LogP contribution is 2.22. The van der Waals surface area contributed by atoms with Crippen LogP contribution in [0.2, 0.25) is 0 Å². The lowest BCUT2D eigenvalue weighted by Crippen LogP contribution is -2.45. The number of piperazine rings is 1. The first-order valence-corrected chi connectivity index (χ1v) is 6.09. The summed E-state index contributed by atoms with van der Waals surface area (Å²) in [5.41, 5.74) is 0. The van der Waals surface area contributed by atoms with Crippen LogP contribution in [0.5, 0.6) is 0 Å². The van der Waals surface area contributed by atoms with Crippen LogP contribution in [0.15, 0.2) is 12.7 Å². The molecule has 2 rings (SSSR count). The fourth-order valence-electron chi connectivity index (χ4n) is 2.17. The molecule has 94 valence electrons. The largest absolute Gasteiger partial charge is 0.396 e. The van der Waals surface area contributed by atoms with Crippen molar-refractivity contribution >= 4 is 0 Å². The van der Waals surface area contributed by atoms with E-state index in [1.54, 1.807) is 0 Å². The maximum atomic E-state index is 8.98. The zero-order valence-electron chi connectivity index (χ0n) is 9.92. The fourth-order valence-corrected chi connectivity index (χ4v) is 2.17. The fraction of sp³-hybridized carbons (Fsp3) is 0.727. The molecule has 2 N–H and O–H groups in total. The minimum atomic E-state index is 0.201. The van der Waals surface area contributed by atoms with E-state index in [0.717, 1.165) is 44.8 Å². The van der Waals surface area contributed by atoms with Crippen molar-refractivity contribution in [1.29, 1.82) is 0 Å². The molecule has 1 aliphatic heterocycles. The number of aromatic nitrogens is 3. The van der Waals surface area contributed by atoms with Gasteiger partial charge in [-0.3, -0.25) is 4.90 Å². The normalized spacial score (nSPS) is 19.1. The Morgan fingerprint density at radius 2 is 2.00 bits per heavy atom.